The molecule has 4 aliphatic heterocycles. The SMILES string of the molecule is CCCN1CC=C[C@@]2(C)O[C@]34C=CCN(c5c(C)cccc5C)C(=O)C3N([C@H](CO)c3ccccc3)C(=O)[C@@H]4[C@H]2C1=O. The van der Waals surface area contributed by atoms with Crippen LogP contribution in [0.3, 0.4) is 0 Å². The van der Waals surface area contributed by atoms with Crippen LogP contribution in [0.2, 0.25) is 0 Å². The van der Waals surface area contributed by atoms with Crippen molar-refractivity contribution in [2.24, 2.45) is 11.8 Å². The van der Waals surface area contributed by atoms with Crippen molar-refractivity contribution in [2.75, 3.05) is 31.1 Å². The number of amides is 3. The molecule has 2 fully saturated rings. The van der Waals surface area contributed by atoms with Gasteiger partial charge in [0.2, 0.25) is 11.8 Å². The van der Waals surface area contributed by atoms with Gasteiger partial charge < -0.3 is 24.5 Å². The number of ether oxygens (including phenoxy) is 1. The number of rotatable bonds is 6. The van der Waals surface area contributed by atoms with E-state index in [9.17, 15) is 19.5 Å². The van der Waals surface area contributed by atoms with E-state index in [1.807, 2.05) is 101 Å². The fraction of sp³-hybridized carbons (Fsp3) is 0.441. The van der Waals surface area contributed by atoms with Gasteiger partial charge in [0.25, 0.3) is 5.91 Å². The maximum atomic E-state index is 14.9. The largest absolute Gasteiger partial charge is 0.394 e. The lowest BCUT2D eigenvalue weighted by Crippen LogP contribution is -2.57. The number of anilines is 1. The lowest BCUT2D eigenvalue weighted by molar-refractivity contribution is -0.151. The number of likely N-dealkylation sites (tertiary alicyclic amines) is 1. The van der Waals surface area contributed by atoms with Crippen LogP contribution in [-0.4, -0.2) is 76.1 Å². The highest BCUT2D eigenvalue weighted by atomic mass is 16.5. The minimum absolute atomic E-state index is 0.142. The maximum absolute atomic E-state index is 14.9. The van der Waals surface area contributed by atoms with Gasteiger partial charge in [-0.3, -0.25) is 14.4 Å². The Labute approximate surface area is 247 Å². The minimum Gasteiger partial charge on any atom is -0.394 e. The minimum atomic E-state index is -1.39. The number of para-hydroxylation sites is 1. The van der Waals surface area contributed by atoms with Crippen molar-refractivity contribution in [2.45, 2.75) is 57.4 Å². The molecule has 0 aromatic heterocycles. The lowest BCUT2D eigenvalue weighted by Gasteiger charge is -2.40. The number of carbonyl (C=O) groups excluding carboxylic acids is 3. The molecule has 4 heterocycles. The quantitative estimate of drug-likeness (QED) is 0.536. The molecule has 2 aromatic rings. The Hall–Kier alpha value is -3.75. The van der Waals surface area contributed by atoms with E-state index < -0.39 is 35.1 Å². The molecule has 1 spiro atoms. The van der Waals surface area contributed by atoms with Crippen LogP contribution in [0.4, 0.5) is 5.69 Å². The zero-order valence-corrected chi connectivity index (χ0v) is 24.7. The summed E-state index contributed by atoms with van der Waals surface area (Å²) in [5.74, 6) is -2.53. The number of hydrogen-bond acceptors (Lipinski definition) is 5. The van der Waals surface area contributed by atoms with Gasteiger partial charge in [0.15, 0.2) is 0 Å². The van der Waals surface area contributed by atoms with Crippen molar-refractivity contribution in [3.63, 3.8) is 0 Å². The van der Waals surface area contributed by atoms with Crippen molar-refractivity contribution < 1.29 is 24.2 Å². The summed E-state index contributed by atoms with van der Waals surface area (Å²) in [6, 6.07) is 13.3. The van der Waals surface area contributed by atoms with Gasteiger partial charge in [-0.25, -0.2) is 0 Å². The molecule has 42 heavy (non-hydrogen) atoms. The Morgan fingerprint density at radius 2 is 1.60 bits per heavy atom. The second-order valence-corrected chi connectivity index (χ2v) is 12.1. The van der Waals surface area contributed by atoms with E-state index in [1.54, 1.807) is 9.80 Å². The van der Waals surface area contributed by atoms with Crippen LogP contribution in [-0.2, 0) is 19.1 Å². The molecule has 0 saturated carbocycles. The molecule has 1 N–H and O–H groups in total. The fourth-order valence-corrected chi connectivity index (χ4v) is 7.78. The van der Waals surface area contributed by atoms with Crippen molar-refractivity contribution >= 4 is 23.4 Å². The van der Waals surface area contributed by atoms with Crippen LogP contribution in [0.1, 0.15) is 43.0 Å². The smallest absolute Gasteiger partial charge is 0.253 e. The number of fused-ring (bicyclic) bond motifs is 2. The molecular formula is C34H39N3O5. The standard InChI is InChI=1S/C34H39N3O5/c1-5-18-35-19-10-16-33(4)26(30(35)39)27-31(40)37(25(21-38)24-14-7-6-8-15-24)29-32(41)36(20-11-17-34(27,29)42-33)28-22(2)12-9-13-23(28)3/h6-17,25-27,29,38H,5,18-21H2,1-4H3/t25-,26+,27+,29?,33-,34+/m1/s1. The first-order chi connectivity index (χ1) is 20.2. The third kappa shape index (κ3) is 4.07. The highest BCUT2D eigenvalue weighted by Gasteiger charge is 2.75. The predicted molar refractivity (Wildman–Crippen MR) is 160 cm³/mol. The molecule has 2 aromatic carbocycles. The number of carbonyl (C=O) groups is 3. The number of aliphatic hydroxyl groups excluding tert-OH is 1. The van der Waals surface area contributed by atoms with Gasteiger partial charge in [-0.05, 0) is 43.9 Å². The van der Waals surface area contributed by atoms with E-state index in [0.29, 0.717) is 25.2 Å². The van der Waals surface area contributed by atoms with Gasteiger partial charge in [-0.1, -0.05) is 79.8 Å². The lowest BCUT2D eigenvalue weighted by atomic mass is 9.74. The van der Waals surface area contributed by atoms with Crippen LogP contribution < -0.4 is 4.90 Å². The normalized spacial score (nSPS) is 31.1. The van der Waals surface area contributed by atoms with Crippen LogP contribution in [0.25, 0.3) is 0 Å². The summed E-state index contributed by atoms with van der Waals surface area (Å²) in [5.41, 5.74) is 0.925. The zero-order valence-electron chi connectivity index (χ0n) is 24.7. The Morgan fingerprint density at radius 1 is 0.905 bits per heavy atom. The van der Waals surface area contributed by atoms with Gasteiger partial charge in [0.1, 0.15) is 11.6 Å². The van der Waals surface area contributed by atoms with Crippen molar-refractivity contribution in [1.29, 1.82) is 0 Å². The molecular weight excluding hydrogens is 530 g/mol. The predicted octanol–water partition coefficient (Wildman–Crippen LogP) is 3.72. The van der Waals surface area contributed by atoms with E-state index in [1.165, 1.54) is 4.90 Å². The van der Waals surface area contributed by atoms with Gasteiger partial charge >= 0.3 is 0 Å². The monoisotopic (exact) mass is 569 g/mol. The first-order valence-electron chi connectivity index (χ1n) is 14.9. The Balaban J connectivity index is 1.55. The molecule has 1 unspecified atom stereocenters. The average Bonchev–Trinajstić information content (AvgIpc) is 3.24. The fourth-order valence-electron chi connectivity index (χ4n) is 7.78. The van der Waals surface area contributed by atoms with Crippen molar-refractivity contribution in [3.05, 3.63) is 89.5 Å². The molecule has 0 aliphatic carbocycles. The second-order valence-electron chi connectivity index (χ2n) is 12.1. The zero-order chi connectivity index (χ0) is 29.8. The van der Waals surface area contributed by atoms with E-state index in [4.69, 9.17) is 4.74 Å². The topological polar surface area (TPSA) is 90.4 Å². The average molecular weight is 570 g/mol. The van der Waals surface area contributed by atoms with Crippen molar-refractivity contribution in [3.8, 4) is 0 Å². The Kier molecular flexibility index (Phi) is 7.10. The molecule has 3 amide bonds. The van der Waals surface area contributed by atoms with Crippen LogP contribution >= 0.6 is 0 Å². The third-order valence-electron chi connectivity index (χ3n) is 9.47. The maximum Gasteiger partial charge on any atom is 0.253 e. The van der Waals surface area contributed by atoms with Crippen LogP contribution in [0.15, 0.2) is 72.8 Å². The first kappa shape index (κ1) is 28.4. The summed E-state index contributed by atoms with van der Waals surface area (Å²) in [7, 11) is 0. The highest BCUT2D eigenvalue weighted by Crippen LogP contribution is 2.59. The molecule has 0 radical (unpaired) electrons. The molecule has 220 valence electrons. The number of aliphatic hydroxyl groups is 1. The number of hydrogen-bond donors (Lipinski definition) is 1. The number of aryl methyl sites for hydroxylation is 2. The van der Waals surface area contributed by atoms with E-state index in [0.717, 1.165) is 23.2 Å². The molecule has 8 nitrogen and oxygen atoms in total. The third-order valence-corrected chi connectivity index (χ3v) is 9.47. The molecule has 4 aliphatic rings. The summed E-state index contributed by atoms with van der Waals surface area (Å²) in [6.45, 7) is 8.74. The van der Waals surface area contributed by atoms with Gasteiger partial charge in [0, 0.05) is 25.3 Å². The number of nitrogens with zero attached hydrogens (tertiary/aromatic N) is 3. The summed E-state index contributed by atoms with van der Waals surface area (Å²) in [5, 5.41) is 10.8. The van der Waals surface area contributed by atoms with E-state index in [-0.39, 0.29) is 24.3 Å². The molecule has 0 bridgehead atoms. The van der Waals surface area contributed by atoms with Gasteiger partial charge in [0.05, 0.1) is 30.1 Å². The summed E-state index contributed by atoms with van der Waals surface area (Å²) in [6.07, 6.45) is 8.38. The second kappa shape index (κ2) is 10.5. The first-order valence-corrected chi connectivity index (χ1v) is 14.9. The summed E-state index contributed by atoms with van der Waals surface area (Å²) >= 11 is 0. The van der Waals surface area contributed by atoms with Crippen LogP contribution in [0, 0.1) is 25.7 Å². The molecule has 6 rings (SSSR count). The molecule has 2 saturated heterocycles. The van der Waals surface area contributed by atoms with E-state index >= 15 is 0 Å². The Bertz CT molecular complexity index is 1450. The van der Waals surface area contributed by atoms with Gasteiger partial charge in [-0.15, -0.1) is 0 Å². The Morgan fingerprint density at radius 3 is 2.26 bits per heavy atom. The molecule has 6 atom stereocenters. The van der Waals surface area contributed by atoms with Gasteiger partial charge in [-0.2, -0.15) is 0 Å². The summed E-state index contributed by atoms with van der Waals surface area (Å²) in [4.78, 5) is 49.0. The summed E-state index contributed by atoms with van der Waals surface area (Å²) < 4.78 is 6.96. The van der Waals surface area contributed by atoms with Crippen molar-refractivity contribution in [1.82, 2.24) is 9.80 Å². The highest BCUT2D eigenvalue weighted by molar-refractivity contribution is 6.06. The van der Waals surface area contributed by atoms with Crippen LogP contribution in [0.5, 0.6) is 0 Å². The number of benzene rings is 2. The molecule has 8 heteroatoms. The van der Waals surface area contributed by atoms with E-state index in [2.05, 4.69) is 0 Å².